The topological polar surface area (TPSA) is 43.6 Å². The van der Waals surface area contributed by atoms with Crippen LogP contribution in [0.1, 0.15) is 19.9 Å². The maximum atomic E-state index is 5.83. The monoisotopic (exact) mass is 196 g/mol. The van der Waals surface area contributed by atoms with Gasteiger partial charge in [0.15, 0.2) is 5.15 Å². The fraction of sp³-hybridized carbons (Fsp3) is 0.375. The molecule has 13 heavy (non-hydrogen) atoms. The van der Waals surface area contributed by atoms with E-state index in [1.165, 1.54) is 0 Å². The van der Waals surface area contributed by atoms with Gasteiger partial charge in [0.05, 0.1) is 6.20 Å². The zero-order valence-electron chi connectivity index (χ0n) is 7.40. The van der Waals surface area contributed by atoms with Crippen LogP contribution < -0.4 is 0 Å². The maximum absolute atomic E-state index is 5.83. The third-order valence-electron chi connectivity index (χ3n) is 1.83. The first kappa shape index (κ1) is 8.44. The number of rotatable bonds is 1. The highest BCUT2D eigenvalue weighted by Gasteiger charge is 2.07. The summed E-state index contributed by atoms with van der Waals surface area (Å²) in [6.45, 7) is 4.11. The molecule has 0 unspecified atom stereocenters. The van der Waals surface area contributed by atoms with Crippen molar-refractivity contribution in [3.8, 4) is 0 Å². The van der Waals surface area contributed by atoms with E-state index >= 15 is 0 Å². The lowest BCUT2D eigenvalue weighted by molar-refractivity contribution is 0.537. The predicted octanol–water partition coefficient (Wildman–Crippen LogP) is 2.06. The van der Waals surface area contributed by atoms with Crippen LogP contribution in [0.2, 0.25) is 5.15 Å². The minimum atomic E-state index is 0.323. The number of aromatic nitrogens is 4. The van der Waals surface area contributed by atoms with E-state index in [4.69, 9.17) is 11.6 Å². The molecule has 2 aromatic rings. The molecule has 0 fully saturated rings. The molecule has 5 heteroatoms. The lowest BCUT2D eigenvalue weighted by atomic mass is 10.4. The van der Waals surface area contributed by atoms with Crippen molar-refractivity contribution in [2.24, 2.45) is 0 Å². The first-order valence-corrected chi connectivity index (χ1v) is 4.42. The quantitative estimate of drug-likeness (QED) is 0.701. The van der Waals surface area contributed by atoms with Gasteiger partial charge in [0.25, 0.3) is 0 Å². The van der Waals surface area contributed by atoms with Crippen LogP contribution in [0.4, 0.5) is 0 Å². The van der Waals surface area contributed by atoms with E-state index in [1.54, 1.807) is 6.20 Å². The standard InChI is InChI=1S/C8H9ClN4/c1-5(2)13-4-6-3-10-11-8(9)7(6)12-13/h3-5H,1-2H3. The van der Waals surface area contributed by atoms with E-state index in [0.29, 0.717) is 16.7 Å². The van der Waals surface area contributed by atoms with Gasteiger partial charge in [-0.25, -0.2) is 0 Å². The Morgan fingerprint density at radius 1 is 1.46 bits per heavy atom. The smallest absolute Gasteiger partial charge is 0.179 e. The molecule has 4 nitrogen and oxygen atoms in total. The van der Waals surface area contributed by atoms with Gasteiger partial charge in [0, 0.05) is 17.6 Å². The van der Waals surface area contributed by atoms with Gasteiger partial charge < -0.3 is 0 Å². The minimum Gasteiger partial charge on any atom is -0.269 e. The normalized spacial score (nSPS) is 11.4. The lowest BCUT2D eigenvalue weighted by Crippen LogP contribution is -2.00. The average Bonchev–Trinajstić information content (AvgIpc) is 2.49. The molecule has 0 bridgehead atoms. The third kappa shape index (κ3) is 1.37. The summed E-state index contributed by atoms with van der Waals surface area (Å²) >= 11 is 5.83. The Morgan fingerprint density at radius 2 is 2.23 bits per heavy atom. The summed E-state index contributed by atoms with van der Waals surface area (Å²) in [5.74, 6) is 0. The number of nitrogens with zero attached hydrogens (tertiary/aromatic N) is 4. The largest absolute Gasteiger partial charge is 0.269 e. The van der Waals surface area contributed by atoms with Crippen LogP contribution in [0.15, 0.2) is 12.4 Å². The first-order chi connectivity index (χ1) is 6.18. The van der Waals surface area contributed by atoms with E-state index in [1.807, 2.05) is 10.9 Å². The Bertz CT molecular complexity index is 435. The molecule has 0 aromatic carbocycles. The van der Waals surface area contributed by atoms with Gasteiger partial charge >= 0.3 is 0 Å². The molecule has 0 atom stereocenters. The molecule has 2 rings (SSSR count). The van der Waals surface area contributed by atoms with Crippen LogP contribution in [-0.4, -0.2) is 20.0 Å². The zero-order chi connectivity index (χ0) is 9.42. The molecular weight excluding hydrogens is 188 g/mol. The first-order valence-electron chi connectivity index (χ1n) is 4.04. The van der Waals surface area contributed by atoms with Crippen LogP contribution in [-0.2, 0) is 0 Å². The highest BCUT2D eigenvalue weighted by molar-refractivity contribution is 6.33. The molecule has 0 aliphatic rings. The average molecular weight is 197 g/mol. The van der Waals surface area contributed by atoms with Gasteiger partial charge in [-0.1, -0.05) is 11.6 Å². The van der Waals surface area contributed by atoms with Gasteiger partial charge in [-0.2, -0.15) is 10.2 Å². The molecule has 68 valence electrons. The van der Waals surface area contributed by atoms with Crippen molar-refractivity contribution in [2.75, 3.05) is 0 Å². The van der Waals surface area contributed by atoms with Crippen molar-refractivity contribution in [1.82, 2.24) is 20.0 Å². The number of halogens is 1. The second-order valence-corrected chi connectivity index (χ2v) is 3.50. The summed E-state index contributed by atoms with van der Waals surface area (Å²) in [7, 11) is 0. The van der Waals surface area contributed by atoms with E-state index in [9.17, 15) is 0 Å². The summed E-state index contributed by atoms with van der Waals surface area (Å²) < 4.78 is 1.85. The zero-order valence-corrected chi connectivity index (χ0v) is 8.15. The van der Waals surface area contributed by atoms with E-state index in [-0.39, 0.29) is 0 Å². The molecular formula is C8H9ClN4. The molecule has 0 saturated heterocycles. The summed E-state index contributed by atoms with van der Waals surface area (Å²) in [5.41, 5.74) is 0.713. The molecule has 0 saturated carbocycles. The van der Waals surface area contributed by atoms with Crippen molar-refractivity contribution in [2.45, 2.75) is 19.9 Å². The Labute approximate surface area is 80.5 Å². The van der Waals surface area contributed by atoms with Crippen molar-refractivity contribution < 1.29 is 0 Å². The minimum absolute atomic E-state index is 0.323. The van der Waals surface area contributed by atoms with E-state index in [2.05, 4.69) is 29.1 Å². The van der Waals surface area contributed by atoms with Crippen LogP contribution in [0.3, 0.4) is 0 Å². The number of fused-ring (bicyclic) bond motifs is 1. The van der Waals surface area contributed by atoms with Gasteiger partial charge in [0.1, 0.15) is 5.52 Å². The molecule has 0 spiro atoms. The summed E-state index contributed by atoms with van der Waals surface area (Å²) in [4.78, 5) is 0. The van der Waals surface area contributed by atoms with Gasteiger partial charge in [0.2, 0.25) is 0 Å². The molecule has 0 amide bonds. The molecule has 2 aromatic heterocycles. The Balaban J connectivity index is 2.68. The summed E-state index contributed by atoms with van der Waals surface area (Å²) in [6.07, 6.45) is 3.58. The molecule has 0 aliphatic carbocycles. The van der Waals surface area contributed by atoms with Crippen molar-refractivity contribution in [3.63, 3.8) is 0 Å². The van der Waals surface area contributed by atoms with Crippen LogP contribution >= 0.6 is 11.6 Å². The van der Waals surface area contributed by atoms with Crippen molar-refractivity contribution >= 4 is 22.5 Å². The lowest BCUT2D eigenvalue weighted by Gasteiger charge is -2.02. The number of hydrogen-bond donors (Lipinski definition) is 0. The highest BCUT2D eigenvalue weighted by atomic mass is 35.5. The fourth-order valence-electron chi connectivity index (χ4n) is 1.11. The Kier molecular flexibility index (Phi) is 1.92. The van der Waals surface area contributed by atoms with Crippen molar-refractivity contribution in [1.29, 1.82) is 0 Å². The Morgan fingerprint density at radius 3 is 2.85 bits per heavy atom. The van der Waals surface area contributed by atoms with Crippen LogP contribution in [0, 0.1) is 0 Å². The summed E-state index contributed by atoms with van der Waals surface area (Å²) in [5, 5.41) is 13.0. The third-order valence-corrected chi connectivity index (χ3v) is 2.08. The molecule has 0 radical (unpaired) electrons. The van der Waals surface area contributed by atoms with E-state index in [0.717, 1.165) is 5.39 Å². The highest BCUT2D eigenvalue weighted by Crippen LogP contribution is 2.19. The van der Waals surface area contributed by atoms with Crippen LogP contribution in [0.5, 0.6) is 0 Å². The molecule has 2 heterocycles. The van der Waals surface area contributed by atoms with E-state index < -0.39 is 0 Å². The number of hydrogen-bond acceptors (Lipinski definition) is 3. The Hall–Kier alpha value is -1.16. The van der Waals surface area contributed by atoms with Gasteiger partial charge in [-0.15, -0.1) is 5.10 Å². The second kappa shape index (κ2) is 2.96. The van der Waals surface area contributed by atoms with Crippen LogP contribution in [0.25, 0.3) is 10.9 Å². The van der Waals surface area contributed by atoms with Crippen molar-refractivity contribution in [3.05, 3.63) is 17.5 Å². The molecule has 0 N–H and O–H groups in total. The SMILES string of the molecule is CC(C)n1cc2cnnc(Cl)c2n1. The second-order valence-electron chi connectivity index (χ2n) is 3.14. The molecule has 0 aliphatic heterocycles. The predicted molar refractivity (Wildman–Crippen MR) is 50.7 cm³/mol. The van der Waals surface area contributed by atoms with Gasteiger partial charge in [-0.3, -0.25) is 4.68 Å². The summed E-state index contributed by atoms with van der Waals surface area (Å²) in [6, 6.07) is 0.323. The maximum Gasteiger partial charge on any atom is 0.179 e. The fourth-order valence-corrected chi connectivity index (χ4v) is 1.30. The van der Waals surface area contributed by atoms with Gasteiger partial charge in [-0.05, 0) is 13.8 Å².